The molecule has 2 unspecified atom stereocenters. The molecule has 2 saturated carbocycles. The van der Waals surface area contributed by atoms with Crippen LogP contribution in [0, 0.1) is 23.7 Å². The molecule has 2 atom stereocenters. The quantitative estimate of drug-likeness (QED) is 0.407. The van der Waals surface area contributed by atoms with Crippen LogP contribution in [0.25, 0.3) is 0 Å². The molecule has 0 aliphatic heterocycles. The first kappa shape index (κ1) is 26.9. The van der Waals surface area contributed by atoms with E-state index in [4.69, 9.17) is 0 Å². The lowest BCUT2D eigenvalue weighted by molar-refractivity contribution is -0.130. The molecule has 4 rings (SSSR count). The maximum atomic E-state index is 14.9. The van der Waals surface area contributed by atoms with Crippen LogP contribution in [0.1, 0.15) is 74.3 Å². The van der Waals surface area contributed by atoms with Crippen LogP contribution in [0.15, 0.2) is 30.5 Å². The fourth-order valence-electron chi connectivity index (χ4n) is 5.13. The summed E-state index contributed by atoms with van der Waals surface area (Å²) < 4.78 is 29.8. The number of carbonyl (C=O) groups excluding carboxylic acids is 1. The zero-order valence-corrected chi connectivity index (χ0v) is 21.7. The number of pyridine rings is 1. The molecule has 188 valence electrons. The van der Waals surface area contributed by atoms with Gasteiger partial charge in [-0.2, -0.15) is 17.9 Å². The summed E-state index contributed by atoms with van der Waals surface area (Å²) in [6.07, 6.45) is 8.96. The van der Waals surface area contributed by atoms with Gasteiger partial charge >= 0.3 is 0 Å². The first-order valence-electron chi connectivity index (χ1n) is 12.1. The summed E-state index contributed by atoms with van der Waals surface area (Å²) >= 11 is 3.53. The van der Waals surface area contributed by atoms with Gasteiger partial charge in [0.1, 0.15) is 11.5 Å². The molecule has 8 heteroatoms. The van der Waals surface area contributed by atoms with E-state index in [-0.39, 0.29) is 6.04 Å². The molecule has 2 aliphatic carbocycles. The minimum atomic E-state index is -3.08. The predicted octanol–water partition coefficient (Wildman–Crippen LogP) is 6.30. The maximum Gasteiger partial charge on any atom is 0.270 e. The van der Waals surface area contributed by atoms with E-state index in [1.165, 1.54) is 6.92 Å². The second-order valence-corrected chi connectivity index (χ2v) is 9.39. The molecule has 1 amide bonds. The van der Waals surface area contributed by atoms with E-state index >= 15 is 0 Å². The van der Waals surface area contributed by atoms with Gasteiger partial charge in [-0.1, -0.05) is 38.3 Å². The topological polar surface area (TPSA) is 77.8 Å². The fourth-order valence-corrected chi connectivity index (χ4v) is 5.13. The fraction of sp³-hybridized carbons (Fsp3) is 0.519. The number of halogens is 2. The predicted molar refractivity (Wildman–Crippen MR) is 139 cm³/mol. The zero-order chi connectivity index (χ0) is 25.8. The number of amides is 1. The van der Waals surface area contributed by atoms with E-state index in [1.807, 2.05) is 6.92 Å². The normalized spacial score (nSPS) is 22.9. The number of anilines is 2. The number of nitrogens with one attached hydrogen (secondary N) is 2. The van der Waals surface area contributed by atoms with Crippen LogP contribution in [0.5, 0.6) is 0 Å². The molecule has 0 radical (unpaired) electrons. The third-order valence-corrected chi connectivity index (χ3v) is 7.33. The number of benzene rings is 1. The van der Waals surface area contributed by atoms with Crippen molar-refractivity contribution >= 4 is 29.9 Å². The first-order chi connectivity index (χ1) is 16.7. The Kier molecular flexibility index (Phi) is 8.42. The Morgan fingerprint density at radius 2 is 1.83 bits per heavy atom. The van der Waals surface area contributed by atoms with Gasteiger partial charge in [0, 0.05) is 11.7 Å². The van der Waals surface area contributed by atoms with Gasteiger partial charge in [-0.15, -0.1) is 0 Å². The van der Waals surface area contributed by atoms with Crippen molar-refractivity contribution in [1.29, 1.82) is 5.26 Å². The van der Waals surface area contributed by atoms with E-state index < -0.39 is 23.2 Å². The second-order valence-electron chi connectivity index (χ2n) is 9.39. The number of rotatable bonds is 6. The maximum absolute atomic E-state index is 14.9. The van der Waals surface area contributed by atoms with Crippen molar-refractivity contribution in [2.45, 2.75) is 77.2 Å². The van der Waals surface area contributed by atoms with Gasteiger partial charge in [-0.05, 0) is 62.6 Å². The number of aryl methyl sites for hydroxylation is 1. The van der Waals surface area contributed by atoms with Crippen molar-refractivity contribution in [1.82, 2.24) is 10.3 Å². The van der Waals surface area contributed by atoms with Crippen LogP contribution in [0.2, 0.25) is 0 Å². The molecule has 2 aromatic rings. The van der Waals surface area contributed by atoms with Gasteiger partial charge in [-0.25, -0.2) is 8.78 Å². The van der Waals surface area contributed by atoms with Gasteiger partial charge < -0.3 is 10.6 Å². The summed E-state index contributed by atoms with van der Waals surface area (Å²) in [6, 6.07) is 8.97. The van der Waals surface area contributed by atoms with Gasteiger partial charge in [0.05, 0.1) is 29.1 Å². The van der Waals surface area contributed by atoms with Gasteiger partial charge in [-0.3, -0.25) is 9.78 Å². The molecule has 35 heavy (non-hydrogen) atoms. The van der Waals surface area contributed by atoms with Crippen LogP contribution < -0.4 is 10.6 Å². The molecule has 1 aromatic heterocycles. The van der Waals surface area contributed by atoms with E-state index in [1.54, 1.807) is 43.6 Å². The third-order valence-electron chi connectivity index (χ3n) is 7.33. The highest BCUT2D eigenvalue weighted by Gasteiger charge is 2.82. The first-order valence-corrected chi connectivity index (χ1v) is 13.0. The van der Waals surface area contributed by atoms with Crippen molar-refractivity contribution < 1.29 is 13.6 Å². The van der Waals surface area contributed by atoms with Crippen molar-refractivity contribution in [3.05, 3.63) is 52.8 Å². The second kappa shape index (κ2) is 10.9. The number of nitrogens with zero attached hydrogens (tertiary/aromatic N) is 2. The Bertz CT molecular complexity index is 1090. The van der Waals surface area contributed by atoms with Crippen LogP contribution in [0.3, 0.4) is 0 Å². The number of nitriles is 1. The molecule has 0 bridgehead atoms. The van der Waals surface area contributed by atoms with Gasteiger partial charge in [0.2, 0.25) is 5.91 Å². The molecular weight excluding hydrogens is 466 g/mol. The van der Waals surface area contributed by atoms with Crippen LogP contribution >= 0.6 is 12.6 Å². The molecule has 1 heterocycles. The molecule has 0 spiro atoms. The largest absolute Gasteiger partial charge is 0.354 e. The molecule has 0 saturated heterocycles. The lowest BCUT2D eigenvalue weighted by Crippen LogP contribution is -2.42. The molecule has 2 N–H and O–H groups in total. The Balaban J connectivity index is 0.00000167. The summed E-state index contributed by atoms with van der Waals surface area (Å²) in [5, 5.41) is 15.6. The van der Waals surface area contributed by atoms with E-state index in [0.29, 0.717) is 28.9 Å². The summed E-state index contributed by atoms with van der Waals surface area (Å²) in [6.45, 7) is 5.14. The SMILES string of the molecule is CCc1c(Nc2ccc(C3C(F)(F)C3(C)C(=O)NC3CCCCC3)cc2)cnc(C)c1C#N.CS. The zero-order valence-electron chi connectivity index (χ0n) is 20.8. The van der Waals surface area contributed by atoms with E-state index in [9.17, 15) is 18.8 Å². The van der Waals surface area contributed by atoms with Gasteiger partial charge in [0.25, 0.3) is 5.92 Å². The highest BCUT2D eigenvalue weighted by atomic mass is 32.1. The minimum Gasteiger partial charge on any atom is -0.354 e. The average molecular weight is 501 g/mol. The number of alkyl halides is 2. The highest BCUT2D eigenvalue weighted by molar-refractivity contribution is 7.79. The molecule has 1 aromatic carbocycles. The van der Waals surface area contributed by atoms with Crippen molar-refractivity contribution in [3.8, 4) is 6.07 Å². The molecule has 2 fully saturated rings. The molecule has 2 aliphatic rings. The number of hydrogen-bond donors (Lipinski definition) is 3. The number of hydrogen-bond acceptors (Lipinski definition) is 5. The Hall–Kier alpha value is -2.66. The highest BCUT2D eigenvalue weighted by Crippen LogP contribution is 2.71. The standard InChI is InChI=1S/C26H30F2N4O.CH4S/c1-4-20-21(14-29)16(2)30-15-22(20)31-19-12-10-17(11-13-19)23-25(3,26(23,27)28)24(33)32-18-8-6-5-7-9-18;1-2/h10-13,15,18,23,31H,4-9H2,1-3H3,(H,32,33);2H,1H3. The summed E-state index contributed by atoms with van der Waals surface area (Å²) in [5.74, 6) is -4.77. The molecular formula is C27H34F2N4OS. The Morgan fingerprint density at radius 3 is 2.40 bits per heavy atom. The lowest BCUT2D eigenvalue weighted by atomic mass is 9.93. The Labute approximate surface area is 212 Å². The summed E-state index contributed by atoms with van der Waals surface area (Å²) in [7, 11) is 0. The molecule has 5 nitrogen and oxygen atoms in total. The monoisotopic (exact) mass is 500 g/mol. The van der Waals surface area contributed by atoms with E-state index in [2.05, 4.69) is 34.3 Å². The number of aromatic nitrogens is 1. The van der Waals surface area contributed by atoms with E-state index in [0.717, 1.165) is 43.4 Å². The average Bonchev–Trinajstić information content (AvgIpc) is 3.34. The van der Waals surface area contributed by atoms with Crippen molar-refractivity contribution in [2.24, 2.45) is 5.41 Å². The van der Waals surface area contributed by atoms with Crippen LogP contribution in [0.4, 0.5) is 20.2 Å². The Morgan fingerprint density at radius 1 is 1.20 bits per heavy atom. The van der Waals surface area contributed by atoms with Crippen LogP contribution in [-0.2, 0) is 11.2 Å². The summed E-state index contributed by atoms with van der Waals surface area (Å²) in [5.41, 5.74) is 2.25. The smallest absolute Gasteiger partial charge is 0.270 e. The minimum absolute atomic E-state index is 0.000817. The summed E-state index contributed by atoms with van der Waals surface area (Å²) in [4.78, 5) is 17.1. The third kappa shape index (κ3) is 5.02. The lowest BCUT2D eigenvalue weighted by Gasteiger charge is -2.24. The van der Waals surface area contributed by atoms with Crippen molar-refractivity contribution in [3.63, 3.8) is 0 Å². The van der Waals surface area contributed by atoms with Crippen LogP contribution in [-0.4, -0.2) is 29.1 Å². The van der Waals surface area contributed by atoms with Crippen molar-refractivity contribution in [2.75, 3.05) is 11.6 Å². The number of thiol groups is 1. The number of carbonyl (C=O) groups is 1. The van der Waals surface area contributed by atoms with Gasteiger partial charge in [0.15, 0.2) is 0 Å².